The van der Waals surface area contributed by atoms with E-state index >= 15 is 0 Å². The number of aromatic amines is 1. The molecule has 0 atom stereocenters. The third-order valence-electron chi connectivity index (χ3n) is 3.31. The summed E-state index contributed by atoms with van der Waals surface area (Å²) in [4.78, 5) is 23.9. The molecule has 0 radical (unpaired) electrons. The van der Waals surface area contributed by atoms with Gasteiger partial charge in [-0.05, 0) is 25.5 Å². The summed E-state index contributed by atoms with van der Waals surface area (Å²) in [7, 11) is 0. The molecule has 0 spiro atoms. The molecule has 1 aromatic carbocycles. The second-order valence-electron chi connectivity index (χ2n) is 5.35. The molecular formula is C17H19N5OS. The summed E-state index contributed by atoms with van der Waals surface area (Å²) in [5.41, 5.74) is 1.99. The maximum absolute atomic E-state index is 12.2. The van der Waals surface area contributed by atoms with Crippen molar-refractivity contribution in [3.05, 3.63) is 58.9 Å². The molecule has 0 aliphatic heterocycles. The van der Waals surface area contributed by atoms with E-state index in [1.807, 2.05) is 43.5 Å². The van der Waals surface area contributed by atoms with Crippen LogP contribution in [0.3, 0.4) is 0 Å². The normalized spacial score (nSPS) is 11.8. The number of anilines is 1. The van der Waals surface area contributed by atoms with Crippen LogP contribution in [0, 0.1) is 6.92 Å². The summed E-state index contributed by atoms with van der Waals surface area (Å²) >= 11 is 1.61. The van der Waals surface area contributed by atoms with Crippen LogP contribution >= 0.6 is 11.8 Å². The molecule has 0 unspecified atom stereocenters. The summed E-state index contributed by atoms with van der Waals surface area (Å²) in [5.74, 6) is 1.35. The van der Waals surface area contributed by atoms with Crippen LogP contribution in [-0.4, -0.2) is 25.3 Å². The molecule has 0 saturated heterocycles. The predicted molar refractivity (Wildman–Crippen MR) is 100 cm³/mol. The highest BCUT2D eigenvalue weighted by Gasteiger charge is 2.10. The number of aryl methyl sites for hydroxylation is 1. The fraction of sp³-hybridized carbons (Fsp3) is 0.235. The van der Waals surface area contributed by atoms with Gasteiger partial charge in [0.2, 0.25) is 0 Å². The fourth-order valence-corrected chi connectivity index (χ4v) is 3.00. The standard InChI is InChI=1S/C17H19N5OS/c1-3-9-24-17(20-13-7-5-4-6-8-13)21-15-14-16(23)19-12(2)10-22(14)11-18-15/h4-8,10-11H,3,9H2,1-2H3,(H,19,23)(H,20,21). The molecule has 3 rings (SSSR count). The van der Waals surface area contributed by atoms with Gasteiger partial charge in [0.25, 0.3) is 5.56 Å². The number of benzene rings is 1. The van der Waals surface area contributed by atoms with Crippen LogP contribution in [-0.2, 0) is 0 Å². The van der Waals surface area contributed by atoms with Gasteiger partial charge in [-0.1, -0.05) is 36.9 Å². The van der Waals surface area contributed by atoms with Crippen LogP contribution in [0.2, 0.25) is 0 Å². The van der Waals surface area contributed by atoms with E-state index in [-0.39, 0.29) is 5.56 Å². The van der Waals surface area contributed by atoms with Crippen molar-refractivity contribution >= 4 is 34.0 Å². The Morgan fingerprint density at radius 2 is 2.17 bits per heavy atom. The van der Waals surface area contributed by atoms with Gasteiger partial charge >= 0.3 is 0 Å². The Kier molecular flexibility index (Phi) is 5.00. The van der Waals surface area contributed by atoms with E-state index in [0.29, 0.717) is 11.3 Å². The van der Waals surface area contributed by atoms with E-state index in [9.17, 15) is 4.79 Å². The molecule has 0 fully saturated rings. The maximum atomic E-state index is 12.2. The first-order valence-corrected chi connectivity index (χ1v) is 8.76. The second-order valence-corrected chi connectivity index (χ2v) is 6.43. The third-order valence-corrected chi connectivity index (χ3v) is 4.39. The maximum Gasteiger partial charge on any atom is 0.276 e. The van der Waals surface area contributed by atoms with E-state index in [1.54, 1.807) is 22.5 Å². The number of rotatable bonds is 4. The van der Waals surface area contributed by atoms with Gasteiger partial charge in [-0.25, -0.2) is 9.98 Å². The molecule has 124 valence electrons. The number of fused-ring (bicyclic) bond motifs is 1. The lowest BCUT2D eigenvalue weighted by Gasteiger charge is -2.08. The number of amidine groups is 1. The van der Waals surface area contributed by atoms with Crippen molar-refractivity contribution in [2.24, 2.45) is 4.99 Å². The average molecular weight is 341 g/mol. The number of aromatic nitrogens is 3. The van der Waals surface area contributed by atoms with Crippen LogP contribution in [0.15, 0.2) is 52.6 Å². The molecule has 2 heterocycles. The second kappa shape index (κ2) is 7.35. The average Bonchev–Trinajstić information content (AvgIpc) is 2.96. The minimum atomic E-state index is -0.189. The molecule has 24 heavy (non-hydrogen) atoms. The summed E-state index contributed by atoms with van der Waals surface area (Å²) in [6.07, 6.45) is 4.47. The van der Waals surface area contributed by atoms with E-state index in [0.717, 1.165) is 28.7 Å². The van der Waals surface area contributed by atoms with Crippen molar-refractivity contribution in [2.75, 3.05) is 11.1 Å². The Labute approximate surface area is 144 Å². The highest BCUT2D eigenvalue weighted by molar-refractivity contribution is 8.14. The molecule has 2 aromatic heterocycles. The molecule has 0 aliphatic carbocycles. The number of aliphatic imine (C=N–C) groups is 1. The Morgan fingerprint density at radius 3 is 2.92 bits per heavy atom. The molecule has 2 N–H and O–H groups in total. The van der Waals surface area contributed by atoms with Gasteiger partial charge in [0.05, 0.1) is 0 Å². The lowest BCUT2D eigenvalue weighted by atomic mass is 10.3. The van der Waals surface area contributed by atoms with Gasteiger partial charge in [0.15, 0.2) is 16.5 Å². The van der Waals surface area contributed by atoms with Gasteiger partial charge in [0, 0.05) is 23.3 Å². The van der Waals surface area contributed by atoms with E-state index in [2.05, 4.69) is 27.2 Å². The Morgan fingerprint density at radius 1 is 1.38 bits per heavy atom. The molecular weight excluding hydrogens is 322 g/mol. The van der Waals surface area contributed by atoms with Crippen LogP contribution in [0.25, 0.3) is 5.52 Å². The number of imidazole rings is 1. The lowest BCUT2D eigenvalue weighted by Crippen LogP contribution is -2.11. The minimum absolute atomic E-state index is 0.189. The SMILES string of the molecule is CCCSC(=Nc1ncn2cc(C)[nH]c(=O)c12)Nc1ccccc1. The Bertz CT molecular complexity index is 914. The number of hydrogen-bond donors (Lipinski definition) is 2. The molecule has 3 aromatic rings. The third kappa shape index (κ3) is 3.68. The van der Waals surface area contributed by atoms with Crippen LogP contribution in [0.4, 0.5) is 11.5 Å². The topological polar surface area (TPSA) is 74.5 Å². The van der Waals surface area contributed by atoms with Crippen molar-refractivity contribution < 1.29 is 0 Å². The van der Waals surface area contributed by atoms with Gasteiger partial charge in [0.1, 0.15) is 6.33 Å². The van der Waals surface area contributed by atoms with Crippen molar-refractivity contribution in [2.45, 2.75) is 20.3 Å². The van der Waals surface area contributed by atoms with Crippen LogP contribution in [0.1, 0.15) is 19.0 Å². The quantitative estimate of drug-likeness (QED) is 0.562. The Balaban J connectivity index is 1.99. The largest absolute Gasteiger partial charge is 0.335 e. The zero-order valence-electron chi connectivity index (χ0n) is 13.6. The predicted octanol–water partition coefficient (Wildman–Crippen LogP) is 3.57. The Hall–Kier alpha value is -2.54. The van der Waals surface area contributed by atoms with Crippen molar-refractivity contribution in [1.29, 1.82) is 0 Å². The van der Waals surface area contributed by atoms with Crippen molar-refractivity contribution in [1.82, 2.24) is 14.4 Å². The minimum Gasteiger partial charge on any atom is -0.335 e. The zero-order valence-corrected chi connectivity index (χ0v) is 14.4. The fourth-order valence-electron chi connectivity index (χ4n) is 2.27. The summed E-state index contributed by atoms with van der Waals surface area (Å²) in [5, 5.41) is 4.02. The number of nitrogens with one attached hydrogen (secondary N) is 2. The summed E-state index contributed by atoms with van der Waals surface area (Å²) in [6, 6.07) is 9.84. The first-order valence-electron chi connectivity index (χ1n) is 7.77. The number of thioether (sulfide) groups is 1. The van der Waals surface area contributed by atoms with Crippen LogP contribution < -0.4 is 10.9 Å². The van der Waals surface area contributed by atoms with Crippen molar-refractivity contribution in [3.8, 4) is 0 Å². The van der Waals surface area contributed by atoms with Gasteiger partial charge < -0.3 is 10.3 Å². The highest BCUT2D eigenvalue weighted by Crippen LogP contribution is 2.19. The first kappa shape index (κ1) is 16.3. The summed E-state index contributed by atoms with van der Waals surface area (Å²) in [6.45, 7) is 3.95. The number of nitrogens with zero attached hydrogens (tertiary/aromatic N) is 3. The zero-order chi connectivity index (χ0) is 16.9. The molecule has 7 heteroatoms. The van der Waals surface area contributed by atoms with Gasteiger partial charge in [-0.2, -0.15) is 0 Å². The summed E-state index contributed by atoms with van der Waals surface area (Å²) < 4.78 is 1.71. The molecule has 0 bridgehead atoms. The van der Waals surface area contributed by atoms with Gasteiger partial charge in [-0.15, -0.1) is 0 Å². The van der Waals surface area contributed by atoms with E-state index < -0.39 is 0 Å². The van der Waals surface area contributed by atoms with E-state index in [1.165, 1.54) is 0 Å². The lowest BCUT2D eigenvalue weighted by molar-refractivity contribution is 1.04. The van der Waals surface area contributed by atoms with E-state index in [4.69, 9.17) is 0 Å². The monoisotopic (exact) mass is 341 g/mol. The molecule has 0 amide bonds. The molecule has 0 saturated carbocycles. The van der Waals surface area contributed by atoms with Crippen LogP contribution in [0.5, 0.6) is 0 Å². The number of H-pyrrole nitrogens is 1. The molecule has 6 nitrogen and oxygen atoms in total. The number of para-hydroxylation sites is 1. The van der Waals surface area contributed by atoms with Gasteiger partial charge in [-0.3, -0.25) is 9.20 Å². The molecule has 0 aliphatic rings. The van der Waals surface area contributed by atoms with Crippen molar-refractivity contribution in [3.63, 3.8) is 0 Å². The first-order chi connectivity index (χ1) is 11.7. The highest BCUT2D eigenvalue weighted by atomic mass is 32.2. The number of hydrogen-bond acceptors (Lipinski definition) is 4. The smallest absolute Gasteiger partial charge is 0.276 e.